The van der Waals surface area contributed by atoms with Crippen LogP contribution >= 0.6 is 0 Å². The van der Waals surface area contributed by atoms with Gasteiger partial charge in [0.15, 0.2) is 5.43 Å². The normalized spacial score (nSPS) is 20.2. The molecule has 0 unspecified atom stereocenters. The van der Waals surface area contributed by atoms with Crippen LogP contribution in [0.3, 0.4) is 0 Å². The van der Waals surface area contributed by atoms with Gasteiger partial charge in [-0.15, -0.1) is 0 Å². The average Bonchev–Trinajstić information content (AvgIpc) is 3.51. The van der Waals surface area contributed by atoms with Crippen LogP contribution in [-0.4, -0.2) is 12.6 Å². The third-order valence-corrected chi connectivity index (χ3v) is 6.06. The second kappa shape index (κ2) is 10.6. The first-order valence-electron chi connectivity index (χ1n) is 11.6. The summed E-state index contributed by atoms with van der Waals surface area (Å²) < 4.78 is 11.5. The number of aryl methyl sites for hydroxylation is 1. The van der Waals surface area contributed by atoms with Crippen molar-refractivity contribution in [2.45, 2.75) is 77.0 Å². The second-order valence-electron chi connectivity index (χ2n) is 8.52. The first kappa shape index (κ1) is 23.1. The fourth-order valence-electron chi connectivity index (χ4n) is 4.19. The molecule has 0 aliphatic heterocycles. The molecule has 3 rings (SSSR count). The van der Waals surface area contributed by atoms with E-state index in [4.69, 9.17) is 9.15 Å². The summed E-state index contributed by atoms with van der Waals surface area (Å²) in [6.45, 7) is 6.34. The highest BCUT2D eigenvalue weighted by Crippen LogP contribution is 2.61. The van der Waals surface area contributed by atoms with Gasteiger partial charge in [-0.1, -0.05) is 68.5 Å². The Labute approximate surface area is 185 Å². The van der Waals surface area contributed by atoms with Gasteiger partial charge in [0.05, 0.1) is 6.61 Å². The van der Waals surface area contributed by atoms with Crippen molar-refractivity contribution in [3.05, 3.63) is 75.3 Å². The molecule has 1 aromatic heterocycles. The lowest BCUT2D eigenvalue weighted by atomic mass is 9.95. The molecule has 0 saturated heterocycles. The van der Waals surface area contributed by atoms with Crippen molar-refractivity contribution in [1.82, 2.24) is 0 Å². The number of carbonyl (C=O) groups excluding carboxylic acids is 1. The van der Waals surface area contributed by atoms with Gasteiger partial charge in [-0.3, -0.25) is 9.59 Å². The van der Waals surface area contributed by atoms with Crippen molar-refractivity contribution in [1.29, 1.82) is 0 Å². The summed E-state index contributed by atoms with van der Waals surface area (Å²) in [6.07, 6.45) is 11.6. The van der Waals surface area contributed by atoms with Gasteiger partial charge in [0, 0.05) is 18.1 Å². The lowest BCUT2D eigenvalue weighted by Crippen LogP contribution is -2.26. The van der Waals surface area contributed by atoms with E-state index >= 15 is 0 Å². The number of rotatable bonds is 11. The highest BCUT2D eigenvalue weighted by atomic mass is 16.5. The summed E-state index contributed by atoms with van der Waals surface area (Å²) in [6, 6.07) is 11.1. The lowest BCUT2D eigenvalue weighted by molar-refractivity contribution is -0.147. The predicted octanol–water partition coefficient (Wildman–Crippen LogP) is 6.31. The van der Waals surface area contributed by atoms with Crippen LogP contribution in [0.25, 0.3) is 6.08 Å². The lowest BCUT2D eigenvalue weighted by Gasteiger charge is -2.16. The van der Waals surface area contributed by atoms with Crippen molar-refractivity contribution in [2.24, 2.45) is 0 Å². The van der Waals surface area contributed by atoms with Gasteiger partial charge in [0.25, 0.3) is 0 Å². The Morgan fingerprint density at radius 1 is 1.13 bits per heavy atom. The van der Waals surface area contributed by atoms with Gasteiger partial charge in [-0.25, -0.2) is 0 Å². The predicted molar refractivity (Wildman–Crippen MR) is 124 cm³/mol. The third-order valence-electron chi connectivity index (χ3n) is 6.06. The van der Waals surface area contributed by atoms with Crippen molar-refractivity contribution in [2.75, 3.05) is 6.61 Å². The van der Waals surface area contributed by atoms with Crippen LogP contribution in [0.2, 0.25) is 0 Å². The molecule has 0 bridgehead atoms. The molecule has 1 heterocycles. The number of ether oxygens (including phenoxy) is 1. The zero-order valence-corrected chi connectivity index (χ0v) is 19.0. The van der Waals surface area contributed by atoms with Crippen LogP contribution in [0, 0.1) is 6.92 Å². The third kappa shape index (κ3) is 5.55. The van der Waals surface area contributed by atoms with Crippen molar-refractivity contribution in [3.63, 3.8) is 0 Å². The van der Waals surface area contributed by atoms with E-state index in [2.05, 4.69) is 13.0 Å². The molecule has 1 aliphatic carbocycles. The van der Waals surface area contributed by atoms with E-state index in [-0.39, 0.29) is 17.3 Å². The summed E-state index contributed by atoms with van der Waals surface area (Å²) in [4.78, 5) is 25.4. The van der Waals surface area contributed by atoms with Gasteiger partial charge >= 0.3 is 5.97 Å². The molecule has 4 nitrogen and oxygen atoms in total. The number of unbranched alkanes of at least 4 members (excludes halogenated alkanes) is 5. The SMILES string of the molecule is CCCCCCC/C=C/c1cc(=O)cc([C@@]2(C(=O)OCC)C[C@H]2c2ccc(C)cc2)o1. The maximum Gasteiger partial charge on any atom is 0.320 e. The Morgan fingerprint density at radius 3 is 2.58 bits per heavy atom. The molecule has 2 aromatic rings. The van der Waals surface area contributed by atoms with Crippen LogP contribution < -0.4 is 5.43 Å². The van der Waals surface area contributed by atoms with E-state index in [9.17, 15) is 9.59 Å². The Morgan fingerprint density at radius 2 is 1.87 bits per heavy atom. The molecular weight excluding hydrogens is 388 g/mol. The molecule has 0 N–H and O–H groups in total. The summed E-state index contributed by atoms with van der Waals surface area (Å²) >= 11 is 0. The Bertz CT molecular complexity index is 954. The Hall–Kier alpha value is -2.62. The molecule has 1 fully saturated rings. The summed E-state index contributed by atoms with van der Waals surface area (Å²) in [5.41, 5.74) is 1.16. The minimum atomic E-state index is -0.922. The Balaban J connectivity index is 1.81. The summed E-state index contributed by atoms with van der Waals surface area (Å²) in [5.74, 6) is 0.537. The number of benzene rings is 1. The molecule has 2 atom stereocenters. The number of hydrogen-bond acceptors (Lipinski definition) is 4. The molecule has 0 radical (unpaired) electrons. The monoisotopic (exact) mass is 422 g/mol. The molecule has 1 saturated carbocycles. The van der Waals surface area contributed by atoms with Crippen molar-refractivity contribution in [3.8, 4) is 0 Å². The van der Waals surface area contributed by atoms with Gasteiger partial charge in [0.1, 0.15) is 16.9 Å². The van der Waals surface area contributed by atoms with E-state index in [0.29, 0.717) is 24.5 Å². The van der Waals surface area contributed by atoms with Gasteiger partial charge < -0.3 is 9.15 Å². The quantitative estimate of drug-likeness (QED) is 0.314. The second-order valence-corrected chi connectivity index (χ2v) is 8.52. The topological polar surface area (TPSA) is 56.5 Å². The van der Waals surface area contributed by atoms with Gasteiger partial charge in [0.2, 0.25) is 0 Å². The largest absolute Gasteiger partial charge is 0.465 e. The summed E-state index contributed by atoms with van der Waals surface area (Å²) in [5, 5.41) is 0. The molecule has 0 amide bonds. The zero-order chi connectivity index (χ0) is 22.3. The van der Waals surface area contributed by atoms with Crippen LogP contribution in [0.15, 0.2) is 51.7 Å². The first-order valence-corrected chi connectivity index (χ1v) is 11.6. The van der Waals surface area contributed by atoms with Crippen LogP contribution in [0.5, 0.6) is 0 Å². The fourth-order valence-corrected chi connectivity index (χ4v) is 4.19. The number of carbonyl (C=O) groups is 1. The number of allylic oxidation sites excluding steroid dienone is 1. The van der Waals surface area contributed by atoms with Gasteiger partial charge in [-0.05, 0) is 44.7 Å². The maximum atomic E-state index is 13.0. The standard InChI is InChI=1S/C27H34O4/c1-4-6-7-8-9-10-11-12-23-17-22(28)18-25(31-23)27(26(29)30-5-2)19-24(27)21-15-13-20(3)14-16-21/h11-18,24H,4-10,19H2,1-3H3/b12-11+/t24-,27+/m0/s1. The van der Waals surface area contributed by atoms with Crippen LogP contribution in [0.1, 0.15) is 87.4 Å². The minimum Gasteiger partial charge on any atom is -0.465 e. The van der Waals surface area contributed by atoms with Crippen molar-refractivity contribution < 1.29 is 13.9 Å². The van der Waals surface area contributed by atoms with Crippen LogP contribution in [-0.2, 0) is 14.9 Å². The molecule has 1 aromatic carbocycles. The molecule has 4 heteroatoms. The van der Waals surface area contributed by atoms with E-state index in [1.54, 1.807) is 6.92 Å². The molecule has 0 spiro atoms. The van der Waals surface area contributed by atoms with E-state index in [1.807, 2.05) is 37.3 Å². The zero-order valence-electron chi connectivity index (χ0n) is 19.0. The highest BCUT2D eigenvalue weighted by Gasteiger charge is 2.65. The van der Waals surface area contributed by atoms with E-state index in [0.717, 1.165) is 18.4 Å². The molecule has 166 valence electrons. The first-order chi connectivity index (χ1) is 15.0. The van der Waals surface area contributed by atoms with E-state index in [1.165, 1.54) is 43.4 Å². The number of esters is 1. The maximum absolute atomic E-state index is 13.0. The highest BCUT2D eigenvalue weighted by molar-refractivity contribution is 5.88. The Kier molecular flexibility index (Phi) is 7.89. The molecule has 1 aliphatic rings. The van der Waals surface area contributed by atoms with Crippen LogP contribution in [0.4, 0.5) is 0 Å². The molecule has 31 heavy (non-hydrogen) atoms. The van der Waals surface area contributed by atoms with Crippen molar-refractivity contribution >= 4 is 12.0 Å². The fraction of sp³-hybridized carbons (Fsp3) is 0.481. The smallest absolute Gasteiger partial charge is 0.320 e. The minimum absolute atomic E-state index is 0.0481. The number of hydrogen-bond donors (Lipinski definition) is 0. The van der Waals surface area contributed by atoms with E-state index < -0.39 is 5.41 Å². The van der Waals surface area contributed by atoms with Gasteiger partial charge in [-0.2, -0.15) is 0 Å². The average molecular weight is 423 g/mol. The molecular formula is C27H34O4. The summed E-state index contributed by atoms with van der Waals surface area (Å²) in [7, 11) is 0.